The molecule has 0 aromatic heterocycles. The average molecular weight is 221 g/mol. The van der Waals surface area contributed by atoms with Gasteiger partial charge in [-0.25, -0.2) is 0 Å². The molecule has 1 atom stereocenters. The van der Waals surface area contributed by atoms with Crippen molar-refractivity contribution in [3.63, 3.8) is 0 Å². The first-order valence-electron chi connectivity index (χ1n) is 4.48. The lowest BCUT2D eigenvalue weighted by atomic mass is 10.0. The quantitative estimate of drug-likeness (QED) is 0.505. The summed E-state index contributed by atoms with van der Waals surface area (Å²) in [6.45, 7) is 2.42. The second kappa shape index (κ2) is 7.09. The van der Waals surface area contributed by atoms with Crippen LogP contribution in [-0.4, -0.2) is 43.8 Å². The Balaban J connectivity index is 3.60. The summed E-state index contributed by atoms with van der Waals surface area (Å²) in [7, 11) is 3.02. The van der Waals surface area contributed by atoms with Crippen molar-refractivity contribution in [3.05, 3.63) is 0 Å². The largest absolute Gasteiger partial charge is 0.468 e. The van der Waals surface area contributed by atoms with Crippen LogP contribution >= 0.6 is 11.8 Å². The van der Waals surface area contributed by atoms with Crippen LogP contribution in [0, 0.1) is 0 Å². The van der Waals surface area contributed by atoms with Crippen LogP contribution in [0.2, 0.25) is 0 Å². The van der Waals surface area contributed by atoms with E-state index in [1.807, 2.05) is 0 Å². The molecule has 4 nitrogen and oxygen atoms in total. The van der Waals surface area contributed by atoms with E-state index >= 15 is 0 Å². The van der Waals surface area contributed by atoms with E-state index in [9.17, 15) is 4.79 Å². The first-order chi connectivity index (χ1) is 6.54. The number of carbonyl (C=O) groups excluding carboxylic acids is 1. The molecule has 1 unspecified atom stereocenters. The molecule has 0 fully saturated rings. The number of esters is 1. The normalized spacial score (nSPS) is 14.9. The van der Waals surface area contributed by atoms with Gasteiger partial charge in [-0.05, 0) is 19.1 Å². The van der Waals surface area contributed by atoms with Crippen LogP contribution in [0.5, 0.6) is 0 Å². The topological polar surface area (TPSA) is 61.5 Å². The Morgan fingerprint density at radius 1 is 1.43 bits per heavy atom. The van der Waals surface area contributed by atoms with Crippen LogP contribution in [0.25, 0.3) is 0 Å². The fourth-order valence-electron chi connectivity index (χ4n) is 0.864. The van der Waals surface area contributed by atoms with E-state index in [1.54, 1.807) is 25.8 Å². The highest BCUT2D eigenvalue weighted by atomic mass is 32.2. The third-order valence-electron chi connectivity index (χ3n) is 1.85. The lowest BCUT2D eigenvalue weighted by Gasteiger charge is -2.20. The summed E-state index contributed by atoms with van der Waals surface area (Å²) in [5.74, 6) is 1.41. The fourth-order valence-corrected chi connectivity index (χ4v) is 1.92. The van der Waals surface area contributed by atoms with Crippen LogP contribution in [0.1, 0.15) is 13.3 Å². The number of methoxy groups -OCH3 is 2. The molecule has 0 spiro atoms. The summed E-state index contributed by atoms with van der Waals surface area (Å²) in [5.41, 5.74) is 4.90. The van der Waals surface area contributed by atoms with Crippen LogP contribution < -0.4 is 5.73 Å². The molecule has 14 heavy (non-hydrogen) atoms. The molecule has 84 valence electrons. The lowest BCUT2D eigenvalue weighted by Crippen LogP contribution is -2.46. The van der Waals surface area contributed by atoms with Crippen molar-refractivity contribution in [2.45, 2.75) is 18.9 Å². The third-order valence-corrected chi connectivity index (χ3v) is 2.80. The highest BCUT2D eigenvalue weighted by Crippen LogP contribution is 2.12. The molecule has 0 aliphatic rings. The van der Waals surface area contributed by atoms with Gasteiger partial charge in [0.2, 0.25) is 0 Å². The van der Waals surface area contributed by atoms with Crippen molar-refractivity contribution in [2.24, 2.45) is 5.73 Å². The maximum atomic E-state index is 11.2. The third kappa shape index (κ3) is 5.47. The Hall–Kier alpha value is -0.260. The van der Waals surface area contributed by atoms with Gasteiger partial charge in [-0.1, -0.05) is 0 Å². The van der Waals surface area contributed by atoms with Crippen LogP contribution in [0.15, 0.2) is 0 Å². The Morgan fingerprint density at radius 2 is 2.07 bits per heavy atom. The molecule has 0 saturated heterocycles. The molecule has 0 aromatic carbocycles. The number of thioether (sulfide) groups is 1. The fraction of sp³-hybridized carbons (Fsp3) is 0.889. The summed E-state index contributed by atoms with van der Waals surface area (Å²) >= 11 is 1.72. The van der Waals surface area contributed by atoms with Gasteiger partial charge in [0.15, 0.2) is 0 Å². The van der Waals surface area contributed by atoms with E-state index in [-0.39, 0.29) is 5.97 Å². The van der Waals surface area contributed by atoms with Crippen molar-refractivity contribution < 1.29 is 14.3 Å². The second-order valence-electron chi connectivity index (χ2n) is 3.26. The van der Waals surface area contributed by atoms with Crippen LogP contribution in [0.4, 0.5) is 0 Å². The summed E-state index contributed by atoms with van der Waals surface area (Å²) in [4.78, 5) is 11.2. The number of rotatable bonds is 7. The predicted octanol–water partition coefficient (Wildman–Crippen LogP) is 0.647. The van der Waals surface area contributed by atoms with Crippen LogP contribution in [0.3, 0.4) is 0 Å². The molecule has 0 saturated carbocycles. The first kappa shape index (κ1) is 13.7. The molecule has 0 heterocycles. The Bertz CT molecular complexity index is 173. The van der Waals surface area contributed by atoms with Gasteiger partial charge < -0.3 is 15.2 Å². The zero-order valence-corrected chi connectivity index (χ0v) is 9.86. The summed E-state index contributed by atoms with van der Waals surface area (Å²) < 4.78 is 9.49. The van der Waals surface area contributed by atoms with E-state index in [0.29, 0.717) is 6.42 Å². The highest BCUT2D eigenvalue weighted by molar-refractivity contribution is 7.99. The lowest BCUT2D eigenvalue weighted by molar-refractivity contribution is -0.146. The standard InChI is InChI=1S/C9H19NO3S/c1-9(10,8(11)13-3)4-6-14-7-5-12-2/h4-7,10H2,1-3H3. The minimum atomic E-state index is -0.866. The van der Waals surface area contributed by atoms with Crippen LogP contribution in [-0.2, 0) is 14.3 Å². The minimum Gasteiger partial charge on any atom is -0.468 e. The second-order valence-corrected chi connectivity index (χ2v) is 4.49. The molecular weight excluding hydrogens is 202 g/mol. The van der Waals surface area contributed by atoms with Gasteiger partial charge >= 0.3 is 5.97 Å². The predicted molar refractivity (Wildman–Crippen MR) is 58.4 cm³/mol. The molecule has 0 radical (unpaired) electrons. The molecular formula is C9H19NO3S. The Kier molecular flexibility index (Phi) is 6.96. The summed E-state index contributed by atoms with van der Waals surface area (Å²) in [6, 6.07) is 0. The maximum absolute atomic E-state index is 11.2. The van der Waals surface area contributed by atoms with Crippen molar-refractivity contribution in [1.29, 1.82) is 0 Å². The maximum Gasteiger partial charge on any atom is 0.325 e. The van der Waals surface area contributed by atoms with Gasteiger partial charge in [-0.3, -0.25) is 4.79 Å². The van der Waals surface area contributed by atoms with Gasteiger partial charge in [0.25, 0.3) is 0 Å². The zero-order chi connectivity index (χ0) is 11.0. The van der Waals surface area contributed by atoms with E-state index in [0.717, 1.165) is 18.1 Å². The average Bonchev–Trinajstić information content (AvgIpc) is 2.16. The number of nitrogens with two attached hydrogens (primary N) is 1. The zero-order valence-electron chi connectivity index (χ0n) is 9.04. The summed E-state index contributed by atoms with van der Waals surface area (Å²) in [6.07, 6.45) is 0.619. The van der Waals surface area contributed by atoms with Crippen molar-refractivity contribution >= 4 is 17.7 Å². The molecule has 0 amide bonds. The number of carbonyl (C=O) groups is 1. The number of hydrogen-bond donors (Lipinski definition) is 1. The summed E-state index contributed by atoms with van der Waals surface area (Å²) in [5, 5.41) is 0. The van der Waals surface area contributed by atoms with Crippen molar-refractivity contribution in [1.82, 2.24) is 0 Å². The molecule has 0 aliphatic heterocycles. The van der Waals surface area contributed by atoms with Gasteiger partial charge in [0.05, 0.1) is 13.7 Å². The van der Waals surface area contributed by atoms with E-state index in [4.69, 9.17) is 10.5 Å². The van der Waals surface area contributed by atoms with Gasteiger partial charge in [-0.15, -0.1) is 0 Å². The van der Waals surface area contributed by atoms with Gasteiger partial charge in [0.1, 0.15) is 5.54 Å². The van der Waals surface area contributed by atoms with E-state index in [1.165, 1.54) is 7.11 Å². The number of hydrogen-bond acceptors (Lipinski definition) is 5. The SMILES string of the molecule is COCCSCCC(C)(N)C(=O)OC. The minimum absolute atomic E-state index is 0.357. The molecule has 0 aromatic rings. The Morgan fingerprint density at radius 3 is 2.57 bits per heavy atom. The van der Waals surface area contributed by atoms with Gasteiger partial charge in [0, 0.05) is 12.9 Å². The number of ether oxygens (including phenoxy) is 2. The van der Waals surface area contributed by atoms with E-state index < -0.39 is 5.54 Å². The monoisotopic (exact) mass is 221 g/mol. The highest BCUT2D eigenvalue weighted by Gasteiger charge is 2.28. The van der Waals surface area contributed by atoms with Gasteiger partial charge in [-0.2, -0.15) is 11.8 Å². The molecule has 0 aliphatic carbocycles. The molecule has 0 rings (SSSR count). The Labute approximate surface area is 89.5 Å². The van der Waals surface area contributed by atoms with Crippen molar-refractivity contribution in [2.75, 3.05) is 32.3 Å². The molecule has 2 N–H and O–H groups in total. The molecule has 5 heteroatoms. The van der Waals surface area contributed by atoms with Crippen molar-refractivity contribution in [3.8, 4) is 0 Å². The smallest absolute Gasteiger partial charge is 0.325 e. The van der Waals surface area contributed by atoms with E-state index in [2.05, 4.69) is 4.74 Å². The first-order valence-corrected chi connectivity index (χ1v) is 5.64. The molecule has 0 bridgehead atoms.